The lowest BCUT2D eigenvalue weighted by Crippen LogP contribution is -2.32. The highest BCUT2D eigenvalue weighted by Crippen LogP contribution is 2.26. The van der Waals surface area contributed by atoms with Crippen LogP contribution in [0.15, 0.2) is 51.8 Å². The van der Waals surface area contributed by atoms with Crippen LogP contribution >= 0.6 is 15.9 Å². The zero-order valence-corrected chi connectivity index (χ0v) is 17.4. The quantitative estimate of drug-likeness (QED) is 0.668. The molecule has 0 fully saturated rings. The number of carbonyl (C=O) groups excluding carboxylic acids is 1. The van der Waals surface area contributed by atoms with Gasteiger partial charge in [0.15, 0.2) is 0 Å². The first-order chi connectivity index (χ1) is 12.2. The van der Waals surface area contributed by atoms with Gasteiger partial charge in [-0.2, -0.15) is 0 Å². The monoisotopic (exact) mass is 438 g/mol. The van der Waals surface area contributed by atoms with Gasteiger partial charge in [0.05, 0.1) is 10.6 Å². The molecule has 2 rings (SSSR count). The van der Waals surface area contributed by atoms with Crippen LogP contribution in [0, 0.1) is 6.92 Å². The number of hydrogen-bond acceptors (Lipinski definition) is 3. The van der Waals surface area contributed by atoms with Crippen LogP contribution in [-0.2, 0) is 10.0 Å². The molecule has 0 saturated heterocycles. The Hall–Kier alpha value is -1.86. The summed E-state index contributed by atoms with van der Waals surface area (Å²) in [5.41, 5.74) is 1.71. The first kappa shape index (κ1) is 20.5. The van der Waals surface area contributed by atoms with E-state index in [4.69, 9.17) is 0 Å². The molecule has 0 aliphatic heterocycles. The van der Waals surface area contributed by atoms with Crippen molar-refractivity contribution in [2.75, 3.05) is 4.72 Å². The van der Waals surface area contributed by atoms with Gasteiger partial charge in [0.2, 0.25) is 0 Å². The van der Waals surface area contributed by atoms with Gasteiger partial charge in [0, 0.05) is 16.1 Å². The van der Waals surface area contributed by atoms with Crippen molar-refractivity contribution in [1.29, 1.82) is 0 Å². The van der Waals surface area contributed by atoms with Crippen LogP contribution < -0.4 is 10.0 Å². The summed E-state index contributed by atoms with van der Waals surface area (Å²) in [5, 5.41) is 2.88. The largest absolute Gasteiger partial charge is 0.350 e. The van der Waals surface area contributed by atoms with E-state index in [1.807, 2.05) is 26.8 Å². The highest BCUT2D eigenvalue weighted by molar-refractivity contribution is 9.10. The second-order valence-corrected chi connectivity index (χ2v) is 8.82. The molecular weight excluding hydrogens is 416 g/mol. The number of nitrogens with one attached hydrogen (secondary N) is 2. The van der Waals surface area contributed by atoms with Gasteiger partial charge in [-0.05, 0) is 72.1 Å². The molecular formula is C19H23BrN2O3S. The van der Waals surface area contributed by atoms with Crippen molar-refractivity contribution >= 4 is 37.5 Å². The second kappa shape index (κ2) is 8.68. The van der Waals surface area contributed by atoms with Crippen LogP contribution in [0.2, 0.25) is 0 Å². The fourth-order valence-corrected chi connectivity index (χ4v) is 4.13. The van der Waals surface area contributed by atoms with Crippen molar-refractivity contribution in [1.82, 2.24) is 5.32 Å². The van der Waals surface area contributed by atoms with Crippen LogP contribution in [0.3, 0.4) is 0 Å². The number of carbonyl (C=O) groups is 1. The summed E-state index contributed by atoms with van der Waals surface area (Å²) in [6.45, 7) is 5.86. The predicted octanol–water partition coefficient (Wildman–Crippen LogP) is 4.48. The molecule has 2 aromatic rings. The Labute approximate surface area is 163 Å². The lowest BCUT2D eigenvalue weighted by molar-refractivity contribution is 0.0938. The number of rotatable bonds is 7. The van der Waals surface area contributed by atoms with E-state index in [0.29, 0.717) is 15.7 Å². The Bertz CT molecular complexity index is 897. The zero-order valence-electron chi connectivity index (χ0n) is 15.0. The summed E-state index contributed by atoms with van der Waals surface area (Å²) in [5.74, 6) is -0.278. The Kier molecular flexibility index (Phi) is 6.83. The zero-order chi connectivity index (χ0) is 19.3. The summed E-state index contributed by atoms with van der Waals surface area (Å²) < 4.78 is 28.6. The fraction of sp³-hybridized carbons (Fsp3) is 0.316. The summed E-state index contributed by atoms with van der Waals surface area (Å²) in [6, 6.07) is 11.5. The van der Waals surface area contributed by atoms with E-state index in [1.165, 1.54) is 12.1 Å². The van der Waals surface area contributed by atoms with E-state index < -0.39 is 10.0 Å². The van der Waals surface area contributed by atoms with Gasteiger partial charge in [0.1, 0.15) is 0 Å². The van der Waals surface area contributed by atoms with E-state index in [1.54, 1.807) is 24.3 Å². The van der Waals surface area contributed by atoms with Gasteiger partial charge in [-0.25, -0.2) is 8.42 Å². The third-order valence-corrected chi connectivity index (χ3v) is 5.93. The van der Waals surface area contributed by atoms with Crippen molar-refractivity contribution in [3.63, 3.8) is 0 Å². The number of halogens is 1. The molecule has 0 aromatic heterocycles. The number of benzene rings is 2. The van der Waals surface area contributed by atoms with Gasteiger partial charge < -0.3 is 5.32 Å². The maximum Gasteiger partial charge on any atom is 0.261 e. The highest BCUT2D eigenvalue weighted by atomic mass is 79.9. The second-order valence-electron chi connectivity index (χ2n) is 6.28. The van der Waals surface area contributed by atoms with Crippen LogP contribution in [0.5, 0.6) is 0 Å². The number of amides is 1. The lowest BCUT2D eigenvalue weighted by atomic mass is 10.1. The molecule has 0 radical (unpaired) electrons. The maximum atomic E-state index is 12.7. The van der Waals surface area contributed by atoms with Crippen LogP contribution in [0.25, 0.3) is 0 Å². The Balaban J connectivity index is 2.25. The Morgan fingerprint density at radius 1 is 1.19 bits per heavy atom. The summed E-state index contributed by atoms with van der Waals surface area (Å²) in [6.07, 6.45) is 1.83. The molecule has 1 atom stereocenters. The molecule has 0 heterocycles. The summed E-state index contributed by atoms with van der Waals surface area (Å²) in [4.78, 5) is 12.4. The minimum Gasteiger partial charge on any atom is -0.350 e. The molecule has 1 amide bonds. The SMILES string of the molecule is CCCC(C)NC(=O)c1cccc(S(=O)(=O)Nc2cc(C)ccc2Br)c1. The molecule has 2 aromatic carbocycles. The minimum absolute atomic E-state index is 0.0362. The summed E-state index contributed by atoms with van der Waals surface area (Å²) in [7, 11) is -3.81. The van der Waals surface area contributed by atoms with Gasteiger partial charge >= 0.3 is 0 Å². The van der Waals surface area contributed by atoms with Crippen LogP contribution in [0.1, 0.15) is 42.6 Å². The first-order valence-corrected chi connectivity index (χ1v) is 10.7. The number of aryl methyl sites for hydroxylation is 1. The lowest BCUT2D eigenvalue weighted by Gasteiger charge is -2.14. The van der Waals surface area contributed by atoms with E-state index in [-0.39, 0.29) is 16.8 Å². The van der Waals surface area contributed by atoms with E-state index >= 15 is 0 Å². The molecule has 0 bridgehead atoms. The minimum atomic E-state index is -3.81. The Morgan fingerprint density at radius 3 is 2.62 bits per heavy atom. The summed E-state index contributed by atoms with van der Waals surface area (Å²) >= 11 is 3.34. The molecule has 0 saturated carbocycles. The van der Waals surface area contributed by atoms with Crippen LogP contribution in [0.4, 0.5) is 5.69 Å². The molecule has 5 nitrogen and oxygen atoms in total. The van der Waals surface area contributed by atoms with Crippen molar-refractivity contribution in [2.24, 2.45) is 0 Å². The third-order valence-electron chi connectivity index (χ3n) is 3.87. The molecule has 2 N–H and O–H groups in total. The van der Waals surface area contributed by atoms with Crippen molar-refractivity contribution < 1.29 is 13.2 Å². The molecule has 0 aliphatic carbocycles. The van der Waals surface area contributed by atoms with E-state index in [2.05, 4.69) is 26.0 Å². The topological polar surface area (TPSA) is 75.3 Å². The number of anilines is 1. The van der Waals surface area contributed by atoms with Gasteiger partial charge in [0.25, 0.3) is 15.9 Å². The van der Waals surface area contributed by atoms with E-state index in [9.17, 15) is 13.2 Å². The van der Waals surface area contributed by atoms with Gasteiger partial charge in [-0.3, -0.25) is 9.52 Å². The van der Waals surface area contributed by atoms with Crippen molar-refractivity contribution in [3.05, 3.63) is 58.1 Å². The average molecular weight is 439 g/mol. The predicted molar refractivity (Wildman–Crippen MR) is 108 cm³/mol. The van der Waals surface area contributed by atoms with Crippen molar-refractivity contribution in [3.8, 4) is 0 Å². The normalized spacial score (nSPS) is 12.5. The number of hydrogen-bond donors (Lipinski definition) is 2. The number of sulfonamides is 1. The third kappa shape index (κ3) is 5.32. The molecule has 0 aliphatic rings. The van der Waals surface area contributed by atoms with Gasteiger partial charge in [-0.15, -0.1) is 0 Å². The fourth-order valence-electron chi connectivity index (χ4n) is 2.54. The molecule has 1 unspecified atom stereocenters. The van der Waals surface area contributed by atoms with E-state index in [0.717, 1.165) is 18.4 Å². The molecule has 140 valence electrons. The van der Waals surface area contributed by atoms with Crippen molar-refractivity contribution in [2.45, 2.75) is 44.6 Å². The smallest absolute Gasteiger partial charge is 0.261 e. The average Bonchev–Trinajstić information content (AvgIpc) is 2.58. The molecule has 0 spiro atoms. The standard InChI is InChI=1S/C19H23BrN2O3S/c1-4-6-14(3)21-19(23)15-7-5-8-16(12-15)26(24,25)22-18-11-13(2)9-10-17(18)20/h5,7-12,14,22H,4,6H2,1-3H3,(H,21,23). The molecule has 7 heteroatoms. The maximum absolute atomic E-state index is 12.7. The van der Waals surface area contributed by atoms with Gasteiger partial charge in [-0.1, -0.05) is 25.5 Å². The van der Waals surface area contributed by atoms with Crippen LogP contribution in [-0.4, -0.2) is 20.4 Å². The highest BCUT2D eigenvalue weighted by Gasteiger charge is 2.18. The Morgan fingerprint density at radius 2 is 1.92 bits per heavy atom. The molecule has 26 heavy (non-hydrogen) atoms. The first-order valence-electron chi connectivity index (χ1n) is 8.43.